The average Bonchev–Trinajstić information content (AvgIpc) is 2.67. The minimum Gasteiger partial charge on any atom is -0.484 e. The molecule has 156 valence electrons. The Kier molecular flexibility index (Phi) is 7.78. The van der Waals surface area contributed by atoms with Crippen molar-refractivity contribution in [1.82, 2.24) is 4.90 Å². The van der Waals surface area contributed by atoms with E-state index in [1.54, 1.807) is 0 Å². The van der Waals surface area contributed by atoms with E-state index >= 15 is 0 Å². The second kappa shape index (κ2) is 10.1. The van der Waals surface area contributed by atoms with Crippen molar-refractivity contribution in [2.24, 2.45) is 0 Å². The Labute approximate surface area is 171 Å². The molecule has 0 bridgehead atoms. The van der Waals surface area contributed by atoms with E-state index in [2.05, 4.69) is 5.32 Å². The van der Waals surface area contributed by atoms with Gasteiger partial charge in [0.2, 0.25) is 5.91 Å². The molecule has 1 N–H and O–H groups in total. The fourth-order valence-electron chi connectivity index (χ4n) is 2.66. The van der Waals surface area contributed by atoms with Gasteiger partial charge in [0.25, 0.3) is 5.91 Å². The first-order valence-electron chi connectivity index (χ1n) is 9.27. The highest BCUT2D eigenvalue weighted by Gasteiger charge is 2.18. The van der Waals surface area contributed by atoms with Crippen molar-refractivity contribution < 1.29 is 22.7 Å². The lowest BCUT2D eigenvalue weighted by Gasteiger charge is -2.22. The largest absolute Gasteiger partial charge is 0.484 e. The highest BCUT2D eigenvalue weighted by atomic mass is 32.2. The van der Waals surface area contributed by atoms with Gasteiger partial charge in [0.15, 0.2) is 16.4 Å². The fraction of sp³-hybridized carbons (Fsp3) is 0.333. The van der Waals surface area contributed by atoms with E-state index < -0.39 is 9.84 Å². The standard InChI is InChI=1S/C21H26N2O5S/c1-4-13-23(14-20(24)22-19-8-6-5-7-16(19)2)21(25)15-28-17-9-11-18(12-10-17)29(3,26)27/h5-12H,4,13-15H2,1-3H3,(H,22,24). The lowest BCUT2D eigenvalue weighted by molar-refractivity contribution is -0.136. The summed E-state index contributed by atoms with van der Waals surface area (Å²) in [6, 6.07) is 13.3. The Morgan fingerprint density at radius 2 is 1.72 bits per heavy atom. The van der Waals surface area contributed by atoms with Crippen LogP contribution in [0.25, 0.3) is 0 Å². The van der Waals surface area contributed by atoms with Crippen LogP contribution in [0.3, 0.4) is 0 Å². The maximum absolute atomic E-state index is 12.5. The van der Waals surface area contributed by atoms with Gasteiger partial charge in [-0.05, 0) is 49.2 Å². The van der Waals surface area contributed by atoms with Crippen molar-refractivity contribution in [2.75, 3.05) is 31.3 Å². The maximum atomic E-state index is 12.5. The van der Waals surface area contributed by atoms with Gasteiger partial charge in [0.1, 0.15) is 5.75 Å². The van der Waals surface area contributed by atoms with Crippen LogP contribution >= 0.6 is 0 Å². The molecule has 0 fully saturated rings. The molecule has 2 rings (SSSR count). The molecule has 0 unspecified atom stereocenters. The smallest absolute Gasteiger partial charge is 0.260 e. The number of hydrogen-bond acceptors (Lipinski definition) is 5. The Bertz CT molecular complexity index is 955. The zero-order chi connectivity index (χ0) is 21.4. The number of benzene rings is 2. The predicted molar refractivity (Wildman–Crippen MR) is 112 cm³/mol. The normalized spacial score (nSPS) is 11.0. The molecule has 0 aromatic heterocycles. The Balaban J connectivity index is 1.94. The zero-order valence-electron chi connectivity index (χ0n) is 16.8. The van der Waals surface area contributed by atoms with Gasteiger partial charge in [-0.25, -0.2) is 8.42 Å². The fourth-order valence-corrected chi connectivity index (χ4v) is 3.29. The van der Waals surface area contributed by atoms with E-state index in [0.29, 0.717) is 24.4 Å². The molecule has 0 saturated carbocycles. The molecule has 0 spiro atoms. The maximum Gasteiger partial charge on any atom is 0.260 e. The number of aryl methyl sites for hydroxylation is 1. The number of nitrogens with zero attached hydrogens (tertiary/aromatic N) is 1. The quantitative estimate of drug-likeness (QED) is 0.676. The van der Waals surface area contributed by atoms with E-state index in [1.807, 2.05) is 38.1 Å². The van der Waals surface area contributed by atoms with Gasteiger partial charge >= 0.3 is 0 Å². The van der Waals surface area contributed by atoms with Gasteiger partial charge in [-0.3, -0.25) is 9.59 Å². The van der Waals surface area contributed by atoms with Crippen LogP contribution in [-0.2, 0) is 19.4 Å². The van der Waals surface area contributed by atoms with E-state index in [0.717, 1.165) is 11.8 Å². The predicted octanol–water partition coefficient (Wildman–Crippen LogP) is 2.65. The highest BCUT2D eigenvalue weighted by molar-refractivity contribution is 7.90. The van der Waals surface area contributed by atoms with Gasteiger partial charge in [0.05, 0.1) is 11.4 Å². The molecule has 2 aromatic rings. The first kappa shape index (κ1) is 22.4. The summed E-state index contributed by atoms with van der Waals surface area (Å²) >= 11 is 0. The lowest BCUT2D eigenvalue weighted by Crippen LogP contribution is -2.41. The molecular formula is C21H26N2O5S. The third kappa shape index (κ3) is 6.90. The van der Waals surface area contributed by atoms with Crippen LogP contribution in [0.4, 0.5) is 5.69 Å². The molecule has 8 heteroatoms. The second-order valence-corrected chi connectivity index (χ2v) is 8.73. The molecule has 0 heterocycles. The molecule has 29 heavy (non-hydrogen) atoms. The van der Waals surface area contributed by atoms with Crippen molar-refractivity contribution in [3.05, 3.63) is 54.1 Å². The number of amides is 2. The van der Waals surface area contributed by atoms with Crippen LogP contribution in [0.1, 0.15) is 18.9 Å². The molecule has 7 nitrogen and oxygen atoms in total. The van der Waals surface area contributed by atoms with E-state index in [1.165, 1.54) is 29.2 Å². The van der Waals surface area contributed by atoms with Crippen LogP contribution in [0.15, 0.2) is 53.4 Å². The number of nitrogens with one attached hydrogen (secondary N) is 1. The molecule has 0 saturated heterocycles. The number of para-hydroxylation sites is 1. The number of carbonyl (C=O) groups is 2. The minimum absolute atomic E-state index is 0.0720. The number of carbonyl (C=O) groups excluding carboxylic acids is 2. The van der Waals surface area contributed by atoms with Crippen molar-refractivity contribution in [1.29, 1.82) is 0 Å². The van der Waals surface area contributed by atoms with Crippen molar-refractivity contribution >= 4 is 27.3 Å². The number of rotatable bonds is 9. The molecular weight excluding hydrogens is 392 g/mol. The molecule has 0 atom stereocenters. The summed E-state index contributed by atoms with van der Waals surface area (Å²) in [6.07, 6.45) is 1.82. The summed E-state index contributed by atoms with van der Waals surface area (Å²) < 4.78 is 28.4. The molecule has 2 amide bonds. The summed E-state index contributed by atoms with van der Waals surface area (Å²) in [5.41, 5.74) is 1.65. The summed E-state index contributed by atoms with van der Waals surface area (Å²) in [4.78, 5) is 26.5. The van der Waals surface area contributed by atoms with Gasteiger partial charge in [-0.1, -0.05) is 25.1 Å². The molecule has 0 aliphatic carbocycles. The second-order valence-electron chi connectivity index (χ2n) is 6.71. The van der Waals surface area contributed by atoms with Crippen molar-refractivity contribution in [3.8, 4) is 5.75 Å². The van der Waals surface area contributed by atoms with Crippen molar-refractivity contribution in [3.63, 3.8) is 0 Å². The number of hydrogen-bond donors (Lipinski definition) is 1. The summed E-state index contributed by atoms with van der Waals surface area (Å²) in [6.45, 7) is 3.93. The highest BCUT2D eigenvalue weighted by Crippen LogP contribution is 2.16. The van der Waals surface area contributed by atoms with Crippen LogP contribution in [0, 0.1) is 6.92 Å². The first-order valence-corrected chi connectivity index (χ1v) is 11.2. The van der Waals surface area contributed by atoms with Crippen LogP contribution in [0.5, 0.6) is 5.75 Å². The Morgan fingerprint density at radius 3 is 2.31 bits per heavy atom. The van der Waals surface area contributed by atoms with Gasteiger partial charge in [-0.15, -0.1) is 0 Å². The zero-order valence-corrected chi connectivity index (χ0v) is 17.7. The average molecular weight is 419 g/mol. The lowest BCUT2D eigenvalue weighted by atomic mass is 10.2. The Morgan fingerprint density at radius 1 is 1.07 bits per heavy atom. The van der Waals surface area contributed by atoms with E-state index in [4.69, 9.17) is 4.74 Å². The first-order chi connectivity index (χ1) is 13.7. The summed E-state index contributed by atoms with van der Waals surface area (Å²) in [5, 5.41) is 2.82. The topological polar surface area (TPSA) is 92.8 Å². The number of sulfone groups is 1. The molecule has 0 radical (unpaired) electrons. The monoisotopic (exact) mass is 418 g/mol. The number of ether oxygens (including phenoxy) is 1. The summed E-state index contributed by atoms with van der Waals surface area (Å²) in [7, 11) is -3.29. The molecule has 0 aliphatic heterocycles. The Hall–Kier alpha value is -2.87. The van der Waals surface area contributed by atoms with Crippen molar-refractivity contribution in [2.45, 2.75) is 25.2 Å². The molecule has 2 aromatic carbocycles. The summed E-state index contributed by atoms with van der Waals surface area (Å²) in [5.74, 6) is -0.218. The third-order valence-corrected chi connectivity index (χ3v) is 5.34. The van der Waals surface area contributed by atoms with Gasteiger partial charge in [-0.2, -0.15) is 0 Å². The third-order valence-electron chi connectivity index (χ3n) is 4.21. The number of anilines is 1. The van der Waals surface area contributed by atoms with E-state index in [-0.39, 0.29) is 29.9 Å². The van der Waals surface area contributed by atoms with Crippen LogP contribution in [0.2, 0.25) is 0 Å². The van der Waals surface area contributed by atoms with Crippen LogP contribution < -0.4 is 10.1 Å². The SMILES string of the molecule is CCCN(CC(=O)Nc1ccccc1C)C(=O)COc1ccc(S(C)(=O)=O)cc1. The van der Waals surface area contributed by atoms with Gasteiger partial charge < -0.3 is 15.0 Å². The minimum atomic E-state index is -3.29. The van der Waals surface area contributed by atoms with E-state index in [9.17, 15) is 18.0 Å². The van der Waals surface area contributed by atoms with Crippen LogP contribution in [-0.4, -0.2) is 51.1 Å². The van der Waals surface area contributed by atoms with Gasteiger partial charge in [0, 0.05) is 18.5 Å². The molecule has 0 aliphatic rings.